The van der Waals surface area contributed by atoms with Crippen molar-refractivity contribution in [3.05, 3.63) is 41.0 Å². The van der Waals surface area contributed by atoms with Crippen LogP contribution in [0.25, 0.3) is 10.9 Å². The summed E-state index contributed by atoms with van der Waals surface area (Å²) in [4.78, 5) is 18.9. The summed E-state index contributed by atoms with van der Waals surface area (Å²) >= 11 is 6.15. The van der Waals surface area contributed by atoms with E-state index in [4.69, 9.17) is 11.6 Å². The zero-order valence-electron chi connectivity index (χ0n) is 13.5. The number of benzene rings is 1. The number of likely N-dealkylation sites (tertiary alicyclic amines) is 1. The number of rotatable bonds is 5. The number of aliphatic hydroxyl groups excluding tert-OH is 1. The lowest BCUT2D eigenvalue weighted by molar-refractivity contribution is 0.0847. The van der Waals surface area contributed by atoms with Crippen molar-refractivity contribution >= 4 is 28.4 Å². The van der Waals surface area contributed by atoms with Gasteiger partial charge in [0, 0.05) is 24.5 Å². The first-order valence-corrected chi connectivity index (χ1v) is 8.75. The second-order valence-electron chi connectivity index (χ2n) is 6.13. The van der Waals surface area contributed by atoms with E-state index in [1.54, 1.807) is 12.1 Å². The smallest absolute Gasteiger partial charge is 0.269 e. The molecule has 0 spiro atoms. The Bertz CT molecular complexity index is 722. The summed E-state index contributed by atoms with van der Waals surface area (Å²) in [5, 5.41) is 13.8. The summed E-state index contributed by atoms with van der Waals surface area (Å²) < 4.78 is 0. The number of halogens is 1. The van der Waals surface area contributed by atoms with E-state index < -0.39 is 0 Å². The number of para-hydroxylation sites is 1. The van der Waals surface area contributed by atoms with Crippen LogP contribution in [0, 0.1) is 0 Å². The Labute approximate surface area is 146 Å². The Morgan fingerprint density at radius 3 is 3.04 bits per heavy atom. The summed E-state index contributed by atoms with van der Waals surface area (Å²) in [7, 11) is 0. The van der Waals surface area contributed by atoms with Crippen LogP contribution in [0.15, 0.2) is 30.3 Å². The van der Waals surface area contributed by atoms with Gasteiger partial charge in [0.25, 0.3) is 5.91 Å². The van der Waals surface area contributed by atoms with Gasteiger partial charge >= 0.3 is 0 Å². The molecule has 1 amide bonds. The minimum absolute atomic E-state index is 0.179. The molecule has 0 radical (unpaired) electrons. The van der Waals surface area contributed by atoms with E-state index in [-0.39, 0.29) is 18.6 Å². The largest absolute Gasteiger partial charge is 0.395 e. The molecule has 1 atom stereocenters. The first-order valence-electron chi connectivity index (χ1n) is 8.37. The average Bonchev–Trinajstić information content (AvgIpc) is 2.62. The number of piperidine rings is 1. The SMILES string of the molecule is O=C(NCCN1CCCCC1CO)c1ccc2cccc(Cl)c2n1. The Hall–Kier alpha value is -1.69. The highest BCUT2D eigenvalue weighted by atomic mass is 35.5. The quantitative estimate of drug-likeness (QED) is 0.872. The van der Waals surface area contributed by atoms with Crippen LogP contribution >= 0.6 is 11.6 Å². The predicted octanol–water partition coefficient (Wildman–Crippen LogP) is 2.46. The molecule has 0 aliphatic carbocycles. The van der Waals surface area contributed by atoms with Crippen LogP contribution in [0.1, 0.15) is 29.8 Å². The lowest BCUT2D eigenvalue weighted by atomic mass is 10.0. The van der Waals surface area contributed by atoms with E-state index in [1.165, 1.54) is 0 Å². The number of nitrogens with one attached hydrogen (secondary N) is 1. The monoisotopic (exact) mass is 347 g/mol. The Morgan fingerprint density at radius 2 is 2.21 bits per heavy atom. The number of carbonyl (C=O) groups excluding carboxylic acids is 1. The van der Waals surface area contributed by atoms with Gasteiger partial charge in [0.05, 0.1) is 17.1 Å². The Kier molecular flexibility index (Phi) is 5.66. The molecule has 3 rings (SSSR count). The van der Waals surface area contributed by atoms with Gasteiger partial charge in [-0.15, -0.1) is 0 Å². The van der Waals surface area contributed by atoms with Crippen LogP contribution in [0.4, 0.5) is 0 Å². The maximum Gasteiger partial charge on any atom is 0.269 e. The van der Waals surface area contributed by atoms with Crippen LogP contribution < -0.4 is 5.32 Å². The van der Waals surface area contributed by atoms with Crippen molar-refractivity contribution in [1.29, 1.82) is 0 Å². The van der Waals surface area contributed by atoms with Gasteiger partial charge in [-0.05, 0) is 31.5 Å². The number of hydrogen-bond acceptors (Lipinski definition) is 4. The number of aliphatic hydroxyl groups is 1. The molecule has 1 aromatic carbocycles. The zero-order valence-corrected chi connectivity index (χ0v) is 14.3. The van der Waals surface area contributed by atoms with Gasteiger partial charge in [-0.3, -0.25) is 9.69 Å². The topological polar surface area (TPSA) is 65.5 Å². The molecule has 24 heavy (non-hydrogen) atoms. The third-order valence-electron chi connectivity index (χ3n) is 4.55. The fraction of sp³-hybridized carbons (Fsp3) is 0.444. The van der Waals surface area contributed by atoms with Gasteiger partial charge in [-0.1, -0.05) is 36.2 Å². The van der Waals surface area contributed by atoms with Crippen LogP contribution in [-0.2, 0) is 0 Å². The number of carbonyl (C=O) groups is 1. The van der Waals surface area contributed by atoms with Gasteiger partial charge in [0.1, 0.15) is 5.69 Å². The molecule has 0 saturated carbocycles. The summed E-state index contributed by atoms with van der Waals surface area (Å²) in [6.07, 6.45) is 3.33. The molecule has 2 N–H and O–H groups in total. The maximum absolute atomic E-state index is 12.3. The summed E-state index contributed by atoms with van der Waals surface area (Å²) in [5.74, 6) is -0.200. The lowest BCUT2D eigenvalue weighted by Gasteiger charge is -2.34. The molecule has 6 heteroatoms. The van der Waals surface area contributed by atoms with E-state index >= 15 is 0 Å². The minimum atomic E-state index is -0.200. The third kappa shape index (κ3) is 3.86. The van der Waals surface area contributed by atoms with Crippen molar-refractivity contribution in [3.8, 4) is 0 Å². The van der Waals surface area contributed by atoms with Gasteiger partial charge in [0.2, 0.25) is 0 Å². The van der Waals surface area contributed by atoms with Gasteiger partial charge in [-0.2, -0.15) is 0 Å². The molecular formula is C18H22ClN3O2. The first-order chi connectivity index (χ1) is 11.7. The average molecular weight is 348 g/mol. The molecule has 2 aromatic rings. The molecule has 0 bridgehead atoms. The fourth-order valence-corrected chi connectivity index (χ4v) is 3.43. The molecule has 1 fully saturated rings. The lowest BCUT2D eigenvalue weighted by Crippen LogP contribution is -2.45. The highest BCUT2D eigenvalue weighted by Gasteiger charge is 2.21. The van der Waals surface area contributed by atoms with E-state index in [1.807, 2.05) is 18.2 Å². The zero-order chi connectivity index (χ0) is 16.9. The second kappa shape index (κ2) is 7.92. The molecule has 1 aliphatic heterocycles. The van der Waals surface area contributed by atoms with Crippen LogP contribution in [0.5, 0.6) is 0 Å². The van der Waals surface area contributed by atoms with Crippen molar-refractivity contribution in [2.24, 2.45) is 0 Å². The first kappa shape index (κ1) is 17.1. The van der Waals surface area contributed by atoms with Gasteiger partial charge < -0.3 is 10.4 Å². The third-order valence-corrected chi connectivity index (χ3v) is 4.85. The Morgan fingerprint density at radius 1 is 1.33 bits per heavy atom. The normalized spacial score (nSPS) is 18.7. The summed E-state index contributed by atoms with van der Waals surface area (Å²) in [5.41, 5.74) is 1.01. The fourth-order valence-electron chi connectivity index (χ4n) is 3.20. The molecule has 1 aromatic heterocycles. The molecular weight excluding hydrogens is 326 g/mol. The van der Waals surface area contributed by atoms with Crippen molar-refractivity contribution in [1.82, 2.24) is 15.2 Å². The molecule has 128 valence electrons. The molecule has 1 aliphatic rings. The molecule has 1 unspecified atom stereocenters. The Balaban J connectivity index is 1.60. The summed E-state index contributed by atoms with van der Waals surface area (Å²) in [6, 6.07) is 9.34. The van der Waals surface area contributed by atoms with Crippen molar-refractivity contribution in [2.75, 3.05) is 26.2 Å². The maximum atomic E-state index is 12.3. The van der Waals surface area contributed by atoms with E-state index in [9.17, 15) is 9.90 Å². The van der Waals surface area contributed by atoms with Crippen LogP contribution in [-0.4, -0.2) is 53.2 Å². The number of fused-ring (bicyclic) bond motifs is 1. The van der Waals surface area contributed by atoms with Crippen molar-refractivity contribution in [3.63, 3.8) is 0 Å². The minimum Gasteiger partial charge on any atom is -0.395 e. The second-order valence-corrected chi connectivity index (χ2v) is 6.54. The molecule has 1 saturated heterocycles. The molecule has 5 nitrogen and oxygen atoms in total. The molecule has 2 heterocycles. The van der Waals surface area contributed by atoms with Crippen LogP contribution in [0.2, 0.25) is 5.02 Å². The number of pyridine rings is 1. The highest BCUT2D eigenvalue weighted by Crippen LogP contribution is 2.21. The highest BCUT2D eigenvalue weighted by molar-refractivity contribution is 6.35. The number of hydrogen-bond donors (Lipinski definition) is 2. The van der Waals surface area contributed by atoms with Crippen LogP contribution in [0.3, 0.4) is 0 Å². The van der Waals surface area contributed by atoms with E-state index in [2.05, 4.69) is 15.2 Å². The van der Waals surface area contributed by atoms with Crippen molar-refractivity contribution in [2.45, 2.75) is 25.3 Å². The summed E-state index contributed by atoms with van der Waals surface area (Å²) in [6.45, 7) is 2.44. The number of amides is 1. The van der Waals surface area contributed by atoms with Crippen molar-refractivity contribution < 1.29 is 9.90 Å². The van der Waals surface area contributed by atoms with E-state index in [0.717, 1.165) is 37.7 Å². The van der Waals surface area contributed by atoms with Gasteiger partial charge in [0.15, 0.2) is 0 Å². The van der Waals surface area contributed by atoms with Gasteiger partial charge in [-0.25, -0.2) is 4.98 Å². The standard InChI is InChI=1S/C18H22ClN3O2/c19-15-6-3-4-13-7-8-16(21-17(13)15)18(24)20-9-11-22-10-2-1-5-14(22)12-23/h3-4,6-8,14,23H,1-2,5,9-12H2,(H,20,24). The number of aromatic nitrogens is 1. The predicted molar refractivity (Wildman–Crippen MR) is 95.4 cm³/mol. The van der Waals surface area contributed by atoms with E-state index in [0.29, 0.717) is 22.8 Å². The number of nitrogens with zero attached hydrogens (tertiary/aromatic N) is 2.